The van der Waals surface area contributed by atoms with Gasteiger partial charge in [-0.25, -0.2) is 14.6 Å². The molecule has 12 heavy (non-hydrogen) atoms. The minimum Gasteiger partial charge on any atom is -0.243 e. The Morgan fingerprint density at radius 2 is 2.00 bits per heavy atom. The predicted molar refractivity (Wildman–Crippen MR) is 43.9 cm³/mol. The van der Waals surface area contributed by atoms with Gasteiger partial charge in [0.05, 0.1) is 12.4 Å². The molecule has 2 aromatic heterocycles. The molecule has 0 atom stereocenters. The van der Waals surface area contributed by atoms with Crippen LogP contribution in [0.4, 0.5) is 0 Å². The summed E-state index contributed by atoms with van der Waals surface area (Å²) in [7, 11) is 0. The lowest BCUT2D eigenvalue weighted by Gasteiger charge is -2.00. The van der Waals surface area contributed by atoms with Crippen LogP contribution >= 0.6 is 0 Å². The summed E-state index contributed by atoms with van der Waals surface area (Å²) in [5, 5.41) is 4.12. The highest BCUT2D eigenvalue weighted by molar-refractivity contribution is 5.25. The number of hydrogen-bond donors (Lipinski definition) is 0. The zero-order valence-electron chi connectivity index (χ0n) is 6.68. The summed E-state index contributed by atoms with van der Waals surface area (Å²) in [6, 6.07) is 1.94. The molecule has 0 aliphatic rings. The van der Waals surface area contributed by atoms with Crippen LogP contribution in [0.5, 0.6) is 0 Å². The topological polar surface area (TPSA) is 43.6 Å². The van der Waals surface area contributed by atoms with Gasteiger partial charge in [-0.2, -0.15) is 5.10 Å². The Morgan fingerprint density at radius 1 is 1.25 bits per heavy atom. The smallest absolute Gasteiger partial charge is 0.115 e. The molecule has 2 heterocycles. The third kappa shape index (κ3) is 1.07. The number of hydrogen-bond acceptors (Lipinski definition) is 3. The Balaban J connectivity index is 2.51. The summed E-state index contributed by atoms with van der Waals surface area (Å²) in [5.74, 6) is 0. The maximum atomic E-state index is 4.12. The first-order chi connectivity index (χ1) is 5.88. The van der Waals surface area contributed by atoms with Crippen LogP contribution in [0, 0.1) is 6.92 Å². The van der Waals surface area contributed by atoms with Gasteiger partial charge in [-0.15, -0.1) is 0 Å². The van der Waals surface area contributed by atoms with E-state index in [0.717, 1.165) is 11.4 Å². The number of aryl methyl sites for hydroxylation is 1. The van der Waals surface area contributed by atoms with Gasteiger partial charge in [0.2, 0.25) is 0 Å². The van der Waals surface area contributed by atoms with E-state index in [0.29, 0.717) is 0 Å². The molecule has 2 aromatic rings. The van der Waals surface area contributed by atoms with E-state index in [9.17, 15) is 0 Å². The lowest BCUT2D eigenvalue weighted by atomic mass is 10.4. The average molecular weight is 160 g/mol. The zero-order chi connectivity index (χ0) is 8.39. The van der Waals surface area contributed by atoms with Crippen molar-refractivity contribution in [2.24, 2.45) is 0 Å². The number of aromatic nitrogens is 4. The van der Waals surface area contributed by atoms with Crippen molar-refractivity contribution in [3.05, 3.63) is 36.7 Å². The van der Waals surface area contributed by atoms with Crippen molar-refractivity contribution < 1.29 is 0 Å². The summed E-state index contributed by atoms with van der Waals surface area (Å²) in [6.45, 7) is 1.99. The van der Waals surface area contributed by atoms with Crippen molar-refractivity contribution in [3.63, 3.8) is 0 Å². The first kappa shape index (κ1) is 6.97. The Labute approximate surface area is 69.9 Å². The van der Waals surface area contributed by atoms with Crippen molar-refractivity contribution in [1.29, 1.82) is 0 Å². The second kappa shape index (κ2) is 2.73. The van der Waals surface area contributed by atoms with E-state index < -0.39 is 0 Å². The monoisotopic (exact) mass is 160 g/mol. The van der Waals surface area contributed by atoms with Gasteiger partial charge in [0, 0.05) is 11.9 Å². The molecular weight excluding hydrogens is 152 g/mol. The predicted octanol–water partition coefficient (Wildman–Crippen LogP) is 0.971. The third-order valence-corrected chi connectivity index (χ3v) is 1.62. The van der Waals surface area contributed by atoms with E-state index in [2.05, 4.69) is 15.1 Å². The van der Waals surface area contributed by atoms with Crippen molar-refractivity contribution in [3.8, 4) is 5.69 Å². The normalized spacial score (nSPS) is 10.1. The molecule has 4 heteroatoms. The van der Waals surface area contributed by atoms with Crippen molar-refractivity contribution in [1.82, 2.24) is 19.7 Å². The van der Waals surface area contributed by atoms with Gasteiger partial charge in [-0.3, -0.25) is 0 Å². The molecule has 4 nitrogen and oxygen atoms in total. The molecular formula is C8H8N4. The Kier molecular flexibility index (Phi) is 1.59. The largest absolute Gasteiger partial charge is 0.243 e. The van der Waals surface area contributed by atoms with Crippen LogP contribution in [0.25, 0.3) is 5.69 Å². The maximum absolute atomic E-state index is 4.12. The summed E-state index contributed by atoms with van der Waals surface area (Å²) in [5.41, 5.74) is 1.96. The molecule has 0 saturated carbocycles. The second-order valence-electron chi connectivity index (χ2n) is 2.48. The Bertz CT molecular complexity index is 366. The van der Waals surface area contributed by atoms with Gasteiger partial charge in [0.15, 0.2) is 0 Å². The van der Waals surface area contributed by atoms with Gasteiger partial charge in [-0.1, -0.05) is 0 Å². The van der Waals surface area contributed by atoms with Gasteiger partial charge < -0.3 is 0 Å². The zero-order valence-corrected chi connectivity index (χ0v) is 6.68. The van der Waals surface area contributed by atoms with Crippen LogP contribution in [0.3, 0.4) is 0 Å². The summed E-state index contributed by atoms with van der Waals surface area (Å²) in [6.07, 6.45) is 6.71. The van der Waals surface area contributed by atoms with Gasteiger partial charge >= 0.3 is 0 Å². The molecule has 2 rings (SSSR count). The van der Waals surface area contributed by atoms with E-state index in [4.69, 9.17) is 0 Å². The minimum atomic E-state index is 0.889. The Hall–Kier alpha value is -1.71. The van der Waals surface area contributed by atoms with Crippen molar-refractivity contribution in [2.75, 3.05) is 0 Å². The minimum absolute atomic E-state index is 0.889. The molecule has 0 saturated heterocycles. The fourth-order valence-corrected chi connectivity index (χ4v) is 1.04. The Morgan fingerprint density at radius 3 is 2.58 bits per heavy atom. The van der Waals surface area contributed by atoms with E-state index in [1.165, 1.54) is 6.33 Å². The van der Waals surface area contributed by atoms with Gasteiger partial charge in [0.25, 0.3) is 0 Å². The summed E-state index contributed by atoms with van der Waals surface area (Å²) >= 11 is 0. The fourth-order valence-electron chi connectivity index (χ4n) is 1.04. The van der Waals surface area contributed by atoms with Crippen molar-refractivity contribution >= 4 is 0 Å². The fraction of sp³-hybridized carbons (Fsp3) is 0.125. The molecule has 0 N–H and O–H groups in total. The van der Waals surface area contributed by atoms with Gasteiger partial charge in [-0.05, 0) is 13.0 Å². The summed E-state index contributed by atoms with van der Waals surface area (Å²) in [4.78, 5) is 7.82. The van der Waals surface area contributed by atoms with Crippen LogP contribution in [0.2, 0.25) is 0 Å². The maximum Gasteiger partial charge on any atom is 0.115 e. The molecule has 0 spiro atoms. The molecule has 0 fully saturated rings. The highest BCUT2D eigenvalue weighted by Gasteiger charge is 1.98. The lowest BCUT2D eigenvalue weighted by Crippen LogP contribution is -1.99. The van der Waals surface area contributed by atoms with Crippen LogP contribution in [0.15, 0.2) is 31.0 Å². The first-order valence-electron chi connectivity index (χ1n) is 3.64. The number of rotatable bonds is 1. The molecule has 0 unspecified atom stereocenters. The molecule has 60 valence electrons. The lowest BCUT2D eigenvalue weighted by molar-refractivity contribution is 0.833. The van der Waals surface area contributed by atoms with Crippen molar-refractivity contribution in [2.45, 2.75) is 6.92 Å². The van der Waals surface area contributed by atoms with Crippen LogP contribution in [-0.2, 0) is 0 Å². The van der Waals surface area contributed by atoms with E-state index in [1.54, 1.807) is 23.3 Å². The van der Waals surface area contributed by atoms with E-state index in [1.807, 2.05) is 13.0 Å². The van der Waals surface area contributed by atoms with Gasteiger partial charge in [0.1, 0.15) is 12.0 Å². The van der Waals surface area contributed by atoms with E-state index >= 15 is 0 Å². The standard InChI is InChI=1S/C8H8N4/c1-7-2-3-11-12(7)8-4-9-6-10-5-8/h2-6H,1H3. The molecule has 0 amide bonds. The van der Waals surface area contributed by atoms with Crippen LogP contribution in [-0.4, -0.2) is 19.7 Å². The second-order valence-corrected chi connectivity index (χ2v) is 2.48. The quantitative estimate of drug-likeness (QED) is 0.624. The SMILES string of the molecule is Cc1ccnn1-c1cncnc1. The molecule has 0 radical (unpaired) electrons. The molecule has 0 aliphatic carbocycles. The number of nitrogens with zero attached hydrogens (tertiary/aromatic N) is 4. The third-order valence-electron chi connectivity index (χ3n) is 1.62. The first-order valence-corrected chi connectivity index (χ1v) is 3.64. The average Bonchev–Trinajstić information content (AvgIpc) is 2.53. The molecule has 0 aliphatic heterocycles. The summed E-state index contributed by atoms with van der Waals surface area (Å²) < 4.78 is 1.79. The molecule has 0 aromatic carbocycles. The highest BCUT2D eigenvalue weighted by Crippen LogP contribution is 2.05. The molecule has 0 bridgehead atoms. The van der Waals surface area contributed by atoms with E-state index in [-0.39, 0.29) is 0 Å². The highest BCUT2D eigenvalue weighted by atomic mass is 15.3. The van der Waals surface area contributed by atoms with Crippen LogP contribution < -0.4 is 0 Å². The van der Waals surface area contributed by atoms with Crippen LogP contribution in [0.1, 0.15) is 5.69 Å².